The quantitative estimate of drug-likeness (QED) is 0.910. The number of halogens is 1. The Labute approximate surface area is 112 Å². The van der Waals surface area contributed by atoms with Crippen LogP contribution in [0.15, 0.2) is 22.7 Å². The monoisotopic (exact) mass is 310 g/mol. The molecule has 0 fully saturated rings. The number of hydrogen-bond acceptors (Lipinski definition) is 4. The summed E-state index contributed by atoms with van der Waals surface area (Å²) in [7, 11) is 1.56. The third kappa shape index (κ3) is 2.67. The molecule has 2 N–H and O–H groups in total. The van der Waals surface area contributed by atoms with E-state index >= 15 is 0 Å². The fourth-order valence-corrected chi connectivity index (χ4v) is 1.70. The molecule has 0 radical (unpaired) electrons. The van der Waals surface area contributed by atoms with Crippen LogP contribution in [0.1, 0.15) is 16.4 Å². The van der Waals surface area contributed by atoms with Gasteiger partial charge in [0, 0.05) is 10.5 Å². The highest BCUT2D eigenvalue weighted by Gasteiger charge is 2.13. The molecule has 1 aromatic carbocycles. The normalized spacial score (nSPS) is 10.2. The van der Waals surface area contributed by atoms with Crippen molar-refractivity contribution < 1.29 is 9.53 Å². The van der Waals surface area contributed by atoms with Gasteiger partial charge >= 0.3 is 0 Å². The van der Waals surface area contributed by atoms with Crippen molar-refractivity contribution >= 4 is 27.5 Å². The lowest BCUT2D eigenvalue weighted by molar-refractivity contribution is 0.101. The molecule has 0 aliphatic heterocycles. The van der Waals surface area contributed by atoms with Crippen LogP contribution >= 0.6 is 15.9 Å². The number of H-pyrrole nitrogens is 1. The Morgan fingerprint density at radius 2 is 2.28 bits per heavy atom. The maximum Gasteiger partial charge on any atom is 0.295 e. The molecule has 94 valence electrons. The summed E-state index contributed by atoms with van der Waals surface area (Å²) in [6.07, 6.45) is 0. The van der Waals surface area contributed by atoms with Gasteiger partial charge in [-0.05, 0) is 35.0 Å². The molecule has 0 aliphatic carbocycles. The number of hydrogen-bond donors (Lipinski definition) is 2. The number of nitrogens with one attached hydrogen (secondary N) is 2. The molecule has 2 aromatic rings. The molecular formula is C11H11BrN4O2. The molecule has 18 heavy (non-hydrogen) atoms. The van der Waals surface area contributed by atoms with Gasteiger partial charge in [0.1, 0.15) is 11.6 Å². The number of rotatable bonds is 3. The van der Waals surface area contributed by atoms with Crippen molar-refractivity contribution in [2.45, 2.75) is 6.92 Å². The first kappa shape index (κ1) is 12.6. The fourth-order valence-electron chi connectivity index (χ4n) is 1.35. The topological polar surface area (TPSA) is 79.9 Å². The van der Waals surface area contributed by atoms with Crippen LogP contribution in [-0.2, 0) is 0 Å². The molecule has 0 unspecified atom stereocenters. The lowest BCUT2D eigenvalue weighted by atomic mass is 10.3. The Hall–Kier alpha value is -1.89. The third-order valence-corrected chi connectivity index (χ3v) is 2.91. The first-order valence-electron chi connectivity index (χ1n) is 5.14. The van der Waals surface area contributed by atoms with E-state index in [9.17, 15) is 4.79 Å². The highest BCUT2D eigenvalue weighted by molar-refractivity contribution is 9.10. The molecule has 1 amide bonds. The summed E-state index contributed by atoms with van der Waals surface area (Å²) in [4.78, 5) is 15.8. The van der Waals surface area contributed by atoms with E-state index in [1.807, 2.05) is 0 Å². The Kier molecular flexibility index (Phi) is 3.61. The van der Waals surface area contributed by atoms with Crippen molar-refractivity contribution in [2.75, 3.05) is 12.4 Å². The van der Waals surface area contributed by atoms with Crippen molar-refractivity contribution in [1.82, 2.24) is 15.2 Å². The summed E-state index contributed by atoms with van der Waals surface area (Å²) in [6.45, 7) is 1.73. The number of aryl methyl sites for hydroxylation is 1. The number of benzene rings is 1. The molecule has 7 heteroatoms. The number of ether oxygens (including phenoxy) is 1. The van der Waals surface area contributed by atoms with Gasteiger partial charge in [-0.3, -0.25) is 9.89 Å². The van der Waals surface area contributed by atoms with Crippen LogP contribution < -0.4 is 10.1 Å². The highest BCUT2D eigenvalue weighted by Crippen LogP contribution is 2.27. The number of anilines is 1. The van der Waals surface area contributed by atoms with Crippen molar-refractivity contribution in [3.63, 3.8) is 0 Å². The van der Waals surface area contributed by atoms with Crippen molar-refractivity contribution in [2.24, 2.45) is 0 Å². The zero-order valence-corrected chi connectivity index (χ0v) is 11.4. The van der Waals surface area contributed by atoms with Gasteiger partial charge in [-0.25, -0.2) is 4.98 Å². The molecule has 0 saturated carbocycles. The minimum absolute atomic E-state index is 0.0993. The minimum Gasteiger partial charge on any atom is -0.497 e. The Balaban J connectivity index is 2.21. The molecule has 0 spiro atoms. The number of aromatic amines is 1. The highest BCUT2D eigenvalue weighted by atomic mass is 79.9. The Morgan fingerprint density at radius 1 is 1.50 bits per heavy atom. The summed E-state index contributed by atoms with van der Waals surface area (Å²) in [5, 5.41) is 9.11. The summed E-state index contributed by atoms with van der Waals surface area (Å²) < 4.78 is 5.85. The fraction of sp³-hybridized carbons (Fsp3) is 0.182. The molecule has 6 nitrogen and oxygen atoms in total. The maximum absolute atomic E-state index is 11.9. The van der Waals surface area contributed by atoms with E-state index in [1.165, 1.54) is 0 Å². The van der Waals surface area contributed by atoms with Crippen LogP contribution in [0.25, 0.3) is 0 Å². The number of amides is 1. The summed E-state index contributed by atoms with van der Waals surface area (Å²) in [6, 6.07) is 5.29. The number of methoxy groups -OCH3 is 1. The largest absolute Gasteiger partial charge is 0.497 e. The van der Waals surface area contributed by atoms with E-state index in [-0.39, 0.29) is 11.7 Å². The van der Waals surface area contributed by atoms with Gasteiger partial charge in [0.05, 0.1) is 12.8 Å². The van der Waals surface area contributed by atoms with Crippen molar-refractivity contribution in [3.05, 3.63) is 34.3 Å². The van der Waals surface area contributed by atoms with Crippen LogP contribution in [-0.4, -0.2) is 28.2 Å². The second-order valence-corrected chi connectivity index (χ2v) is 4.40. The Morgan fingerprint density at radius 3 is 2.89 bits per heavy atom. The van der Waals surface area contributed by atoms with Crippen molar-refractivity contribution in [3.8, 4) is 5.75 Å². The number of carbonyl (C=O) groups is 1. The third-order valence-electron chi connectivity index (χ3n) is 2.22. The molecule has 0 bridgehead atoms. The molecule has 0 atom stereocenters. The first-order valence-corrected chi connectivity index (χ1v) is 5.93. The predicted octanol–water partition coefficient (Wildman–Crippen LogP) is 2.14. The smallest absolute Gasteiger partial charge is 0.295 e. The summed E-state index contributed by atoms with van der Waals surface area (Å²) >= 11 is 3.35. The average Bonchev–Trinajstić information content (AvgIpc) is 2.79. The standard InChI is InChI=1S/C11H11BrN4O2/c1-6-13-10(16-15-6)11(17)14-9-5-7(18-2)3-4-8(9)12/h3-5H,1-2H3,(H,14,17)(H,13,15,16). The van der Waals surface area contributed by atoms with Gasteiger partial charge in [-0.1, -0.05) is 0 Å². The van der Waals surface area contributed by atoms with Gasteiger partial charge < -0.3 is 10.1 Å². The number of carbonyl (C=O) groups excluding carboxylic acids is 1. The predicted molar refractivity (Wildman–Crippen MR) is 69.8 cm³/mol. The molecular weight excluding hydrogens is 300 g/mol. The zero-order valence-electron chi connectivity index (χ0n) is 9.82. The Bertz CT molecular complexity index is 582. The maximum atomic E-state index is 11.9. The van der Waals surface area contributed by atoms with Gasteiger partial charge in [0.25, 0.3) is 5.91 Å². The van der Waals surface area contributed by atoms with Crippen LogP contribution in [0.4, 0.5) is 5.69 Å². The minimum atomic E-state index is -0.381. The van der Waals surface area contributed by atoms with Crippen LogP contribution in [0.3, 0.4) is 0 Å². The van der Waals surface area contributed by atoms with E-state index < -0.39 is 0 Å². The molecule has 0 aliphatic rings. The van der Waals surface area contributed by atoms with E-state index in [4.69, 9.17) is 4.74 Å². The summed E-state index contributed by atoms with van der Waals surface area (Å²) in [5.74, 6) is 0.958. The van der Waals surface area contributed by atoms with Gasteiger partial charge in [0.15, 0.2) is 0 Å². The lowest BCUT2D eigenvalue weighted by Gasteiger charge is -2.07. The lowest BCUT2D eigenvalue weighted by Crippen LogP contribution is -2.14. The zero-order chi connectivity index (χ0) is 13.1. The van der Waals surface area contributed by atoms with Crippen molar-refractivity contribution in [1.29, 1.82) is 0 Å². The SMILES string of the molecule is COc1ccc(Br)c(NC(=O)c2n[nH]c(C)n2)c1. The van der Waals surface area contributed by atoms with Gasteiger partial charge in [-0.2, -0.15) is 0 Å². The van der Waals surface area contributed by atoms with Gasteiger partial charge in [-0.15, -0.1) is 5.10 Å². The second kappa shape index (κ2) is 5.18. The molecule has 1 aromatic heterocycles. The average molecular weight is 311 g/mol. The number of aromatic nitrogens is 3. The van der Waals surface area contributed by atoms with Crippen LogP contribution in [0.2, 0.25) is 0 Å². The first-order chi connectivity index (χ1) is 8.60. The summed E-state index contributed by atoms with van der Waals surface area (Å²) in [5.41, 5.74) is 0.599. The van der Waals surface area contributed by atoms with Crippen LogP contribution in [0, 0.1) is 6.92 Å². The second-order valence-electron chi connectivity index (χ2n) is 3.54. The van der Waals surface area contributed by atoms with E-state index in [2.05, 4.69) is 36.4 Å². The number of nitrogens with zero attached hydrogens (tertiary/aromatic N) is 2. The molecule has 1 heterocycles. The van der Waals surface area contributed by atoms with E-state index in [0.717, 1.165) is 4.47 Å². The van der Waals surface area contributed by atoms with Crippen LogP contribution in [0.5, 0.6) is 5.75 Å². The molecule has 2 rings (SSSR count). The van der Waals surface area contributed by atoms with E-state index in [0.29, 0.717) is 17.3 Å². The van der Waals surface area contributed by atoms with E-state index in [1.54, 1.807) is 32.2 Å². The molecule has 0 saturated heterocycles. The van der Waals surface area contributed by atoms with Gasteiger partial charge in [0.2, 0.25) is 5.82 Å².